The molecule has 0 aliphatic carbocycles. The van der Waals surface area contributed by atoms with Gasteiger partial charge in [0, 0.05) is 46.2 Å². The SMILES string of the molecule is Cc1cc(C(=O)COc2c(Br)cc(Br)c3cccnc23)c(C)n1C[C@@H]1CCCO1. The van der Waals surface area contributed by atoms with Crippen molar-refractivity contribution in [3.63, 3.8) is 0 Å². The molecule has 0 radical (unpaired) electrons. The second-order valence-electron chi connectivity index (χ2n) is 7.31. The summed E-state index contributed by atoms with van der Waals surface area (Å²) in [4.78, 5) is 17.4. The Bertz CT molecular complexity index is 1070. The molecule has 1 fully saturated rings. The van der Waals surface area contributed by atoms with E-state index in [1.54, 1.807) is 6.20 Å². The predicted octanol–water partition coefficient (Wildman–Crippen LogP) is 5.62. The first-order chi connectivity index (χ1) is 14.0. The molecule has 5 nitrogen and oxygen atoms in total. The number of carbonyl (C=O) groups excluding carboxylic acids is 1. The number of ketones is 1. The number of fused-ring (bicyclic) bond motifs is 1. The zero-order valence-corrected chi connectivity index (χ0v) is 19.5. The van der Waals surface area contributed by atoms with Crippen LogP contribution in [-0.2, 0) is 11.3 Å². The second-order valence-corrected chi connectivity index (χ2v) is 9.02. The number of benzene rings is 1. The highest BCUT2D eigenvalue weighted by molar-refractivity contribution is 9.11. The molecule has 0 spiro atoms. The Balaban J connectivity index is 1.54. The van der Waals surface area contributed by atoms with Crippen molar-refractivity contribution in [2.24, 2.45) is 0 Å². The number of aromatic nitrogens is 2. The number of hydrogen-bond donors (Lipinski definition) is 0. The Morgan fingerprint density at radius 1 is 1.31 bits per heavy atom. The molecular formula is C22H22Br2N2O3. The Labute approximate surface area is 186 Å². The van der Waals surface area contributed by atoms with Crippen LogP contribution < -0.4 is 4.74 Å². The Morgan fingerprint density at radius 3 is 2.90 bits per heavy atom. The average Bonchev–Trinajstić information content (AvgIpc) is 3.31. The van der Waals surface area contributed by atoms with Gasteiger partial charge in [0.15, 0.2) is 12.4 Å². The molecule has 29 heavy (non-hydrogen) atoms. The number of aryl methyl sites for hydroxylation is 1. The molecule has 1 aliphatic rings. The van der Waals surface area contributed by atoms with Gasteiger partial charge in [-0.1, -0.05) is 22.0 Å². The number of pyridine rings is 1. The smallest absolute Gasteiger partial charge is 0.202 e. The quantitative estimate of drug-likeness (QED) is 0.395. The van der Waals surface area contributed by atoms with Crippen molar-refractivity contribution in [1.29, 1.82) is 0 Å². The molecule has 0 amide bonds. The topological polar surface area (TPSA) is 53.3 Å². The molecule has 0 unspecified atom stereocenters. The summed E-state index contributed by atoms with van der Waals surface area (Å²) in [6.45, 7) is 5.59. The zero-order chi connectivity index (χ0) is 20.5. The molecule has 3 aromatic rings. The van der Waals surface area contributed by atoms with Gasteiger partial charge < -0.3 is 14.0 Å². The van der Waals surface area contributed by atoms with E-state index in [0.717, 1.165) is 51.7 Å². The third kappa shape index (κ3) is 4.13. The summed E-state index contributed by atoms with van der Waals surface area (Å²) in [5, 5.41) is 0.938. The van der Waals surface area contributed by atoms with Crippen LogP contribution in [0.15, 0.2) is 39.4 Å². The summed E-state index contributed by atoms with van der Waals surface area (Å²) in [5.74, 6) is 0.529. The lowest BCUT2D eigenvalue weighted by Crippen LogP contribution is -2.18. The number of rotatable bonds is 6. The van der Waals surface area contributed by atoms with E-state index in [4.69, 9.17) is 9.47 Å². The van der Waals surface area contributed by atoms with E-state index in [1.807, 2.05) is 38.1 Å². The van der Waals surface area contributed by atoms with Crippen molar-refractivity contribution in [2.75, 3.05) is 13.2 Å². The molecule has 3 heterocycles. The number of carbonyl (C=O) groups is 1. The van der Waals surface area contributed by atoms with E-state index >= 15 is 0 Å². The van der Waals surface area contributed by atoms with Crippen LogP contribution in [0, 0.1) is 13.8 Å². The second kappa shape index (κ2) is 8.58. The fraction of sp³-hybridized carbons (Fsp3) is 0.364. The summed E-state index contributed by atoms with van der Waals surface area (Å²) < 4.78 is 15.6. The number of hydrogen-bond acceptors (Lipinski definition) is 4. The number of Topliss-reactive ketones (excluding diaryl/α,β-unsaturated/α-hetero) is 1. The first-order valence-electron chi connectivity index (χ1n) is 9.62. The molecule has 152 valence electrons. The van der Waals surface area contributed by atoms with E-state index < -0.39 is 0 Å². The van der Waals surface area contributed by atoms with Crippen LogP contribution in [0.25, 0.3) is 10.9 Å². The van der Waals surface area contributed by atoms with Crippen LogP contribution in [0.1, 0.15) is 34.6 Å². The van der Waals surface area contributed by atoms with Crippen LogP contribution in [0.5, 0.6) is 5.75 Å². The molecule has 4 rings (SSSR count). The Kier molecular flexibility index (Phi) is 6.08. The van der Waals surface area contributed by atoms with Crippen molar-refractivity contribution < 1.29 is 14.3 Å². The van der Waals surface area contributed by atoms with Crippen molar-refractivity contribution in [3.8, 4) is 5.75 Å². The molecule has 1 aromatic carbocycles. The maximum absolute atomic E-state index is 12.9. The summed E-state index contributed by atoms with van der Waals surface area (Å²) in [7, 11) is 0. The Hall–Kier alpha value is -1.70. The largest absolute Gasteiger partial charge is 0.482 e. The normalized spacial score (nSPS) is 16.5. The molecule has 0 N–H and O–H groups in total. The first-order valence-corrected chi connectivity index (χ1v) is 11.2. The van der Waals surface area contributed by atoms with Crippen LogP contribution >= 0.6 is 31.9 Å². The fourth-order valence-corrected chi connectivity index (χ4v) is 5.24. The van der Waals surface area contributed by atoms with Crippen LogP contribution in [0.3, 0.4) is 0 Å². The lowest BCUT2D eigenvalue weighted by atomic mass is 10.1. The van der Waals surface area contributed by atoms with Gasteiger partial charge >= 0.3 is 0 Å². The third-order valence-corrected chi connectivity index (χ3v) is 6.63. The van der Waals surface area contributed by atoms with Gasteiger partial charge in [0.25, 0.3) is 0 Å². The standard InChI is InChI=1S/C22H22Br2N2O3/c1-13-9-17(14(2)26(13)11-15-5-4-8-28-15)20(27)12-29-22-19(24)10-18(23)16-6-3-7-25-21(16)22/h3,6-7,9-10,15H,4-5,8,11-12H2,1-2H3/t15-/m0/s1. The maximum atomic E-state index is 12.9. The fourth-order valence-electron chi connectivity index (χ4n) is 3.86. The first kappa shape index (κ1) is 20.6. The molecular weight excluding hydrogens is 500 g/mol. The van der Waals surface area contributed by atoms with Crippen molar-refractivity contribution in [3.05, 3.63) is 56.4 Å². The van der Waals surface area contributed by atoms with E-state index in [-0.39, 0.29) is 18.5 Å². The van der Waals surface area contributed by atoms with E-state index in [9.17, 15) is 4.79 Å². The molecule has 7 heteroatoms. The Morgan fingerprint density at radius 2 is 2.14 bits per heavy atom. The highest BCUT2D eigenvalue weighted by Crippen LogP contribution is 2.37. The van der Waals surface area contributed by atoms with E-state index in [1.165, 1.54) is 0 Å². The number of nitrogens with zero attached hydrogens (tertiary/aromatic N) is 2. The molecule has 0 saturated carbocycles. The van der Waals surface area contributed by atoms with E-state index in [0.29, 0.717) is 16.8 Å². The summed E-state index contributed by atoms with van der Waals surface area (Å²) in [6.07, 6.45) is 4.12. The van der Waals surface area contributed by atoms with Gasteiger partial charge in [-0.25, -0.2) is 0 Å². The van der Waals surface area contributed by atoms with E-state index in [2.05, 4.69) is 41.4 Å². The number of ether oxygens (including phenoxy) is 2. The highest BCUT2D eigenvalue weighted by Gasteiger charge is 2.22. The summed E-state index contributed by atoms with van der Waals surface area (Å²) in [6, 6.07) is 7.70. The minimum Gasteiger partial charge on any atom is -0.482 e. The van der Waals surface area contributed by atoms with Gasteiger partial charge in [0.1, 0.15) is 5.52 Å². The average molecular weight is 522 g/mol. The number of halogens is 2. The van der Waals surface area contributed by atoms with Crippen molar-refractivity contribution in [1.82, 2.24) is 9.55 Å². The van der Waals surface area contributed by atoms with Gasteiger partial charge in [-0.15, -0.1) is 0 Å². The monoisotopic (exact) mass is 520 g/mol. The summed E-state index contributed by atoms with van der Waals surface area (Å²) in [5.41, 5.74) is 3.44. The van der Waals surface area contributed by atoms with Gasteiger partial charge in [0.05, 0.1) is 10.6 Å². The minimum absolute atomic E-state index is 0.0455. The van der Waals surface area contributed by atoms with Crippen LogP contribution in [0.4, 0.5) is 0 Å². The van der Waals surface area contributed by atoms with Crippen LogP contribution in [-0.4, -0.2) is 34.7 Å². The zero-order valence-electron chi connectivity index (χ0n) is 16.4. The molecule has 2 aromatic heterocycles. The van der Waals surface area contributed by atoms with Gasteiger partial charge in [-0.2, -0.15) is 0 Å². The van der Waals surface area contributed by atoms with Gasteiger partial charge in [-0.05, 0) is 60.8 Å². The van der Waals surface area contributed by atoms with Crippen LogP contribution in [0.2, 0.25) is 0 Å². The lowest BCUT2D eigenvalue weighted by molar-refractivity contribution is 0.0915. The molecule has 1 saturated heterocycles. The van der Waals surface area contributed by atoms with Crippen molar-refractivity contribution >= 4 is 48.5 Å². The molecule has 1 atom stereocenters. The van der Waals surface area contributed by atoms with Gasteiger partial charge in [0.2, 0.25) is 5.78 Å². The predicted molar refractivity (Wildman–Crippen MR) is 120 cm³/mol. The third-order valence-electron chi connectivity index (χ3n) is 5.38. The minimum atomic E-state index is -0.0457. The summed E-state index contributed by atoms with van der Waals surface area (Å²) >= 11 is 7.08. The van der Waals surface area contributed by atoms with Crippen molar-refractivity contribution in [2.45, 2.75) is 39.3 Å². The molecule has 1 aliphatic heterocycles. The molecule has 0 bridgehead atoms. The maximum Gasteiger partial charge on any atom is 0.202 e. The highest BCUT2D eigenvalue weighted by atomic mass is 79.9. The lowest BCUT2D eigenvalue weighted by Gasteiger charge is -2.15. The van der Waals surface area contributed by atoms with Gasteiger partial charge in [-0.3, -0.25) is 9.78 Å².